The van der Waals surface area contributed by atoms with Crippen LogP contribution in [-0.2, 0) is 6.61 Å². The zero-order chi connectivity index (χ0) is 20.5. The Balaban J connectivity index is 1.58. The highest BCUT2D eigenvalue weighted by molar-refractivity contribution is 8.14. The van der Waals surface area contributed by atoms with Crippen molar-refractivity contribution in [3.05, 3.63) is 81.4 Å². The number of halogens is 1. The Hall–Kier alpha value is -2.80. The van der Waals surface area contributed by atoms with E-state index >= 15 is 0 Å². The first-order valence-corrected chi connectivity index (χ1v) is 10.3. The van der Waals surface area contributed by atoms with Gasteiger partial charge in [-0.2, -0.15) is 0 Å². The monoisotopic (exact) mass is 411 g/mol. The lowest BCUT2D eigenvalue weighted by molar-refractivity contribution is 0.300. The summed E-state index contributed by atoms with van der Waals surface area (Å²) >= 11 is 1.57. The van der Waals surface area contributed by atoms with E-state index in [4.69, 9.17) is 4.74 Å². The summed E-state index contributed by atoms with van der Waals surface area (Å²) in [5, 5.41) is 3.69. The number of aromatic amines is 1. The molecule has 5 nitrogen and oxygen atoms in total. The average molecular weight is 412 g/mol. The van der Waals surface area contributed by atoms with Gasteiger partial charge in [0.05, 0.1) is 15.9 Å². The molecule has 0 bridgehead atoms. The molecule has 3 aromatic rings. The van der Waals surface area contributed by atoms with E-state index in [2.05, 4.69) is 10.1 Å². The van der Waals surface area contributed by atoms with E-state index in [1.54, 1.807) is 30.0 Å². The fourth-order valence-electron chi connectivity index (χ4n) is 3.33. The van der Waals surface area contributed by atoms with Gasteiger partial charge in [-0.05, 0) is 44.5 Å². The summed E-state index contributed by atoms with van der Waals surface area (Å²) < 4.78 is 21.3. The number of thioether (sulfide) groups is 1. The van der Waals surface area contributed by atoms with Gasteiger partial charge in [-0.3, -0.25) is 14.6 Å². The van der Waals surface area contributed by atoms with Crippen molar-refractivity contribution in [2.45, 2.75) is 38.7 Å². The maximum absolute atomic E-state index is 13.7. The first kappa shape index (κ1) is 19.5. The molecule has 0 amide bonds. The lowest BCUT2D eigenvalue weighted by Gasteiger charge is -2.21. The van der Waals surface area contributed by atoms with Gasteiger partial charge < -0.3 is 4.74 Å². The number of hydrogen-bond donors (Lipinski definition) is 1. The molecule has 1 atom stereocenters. The van der Waals surface area contributed by atoms with Gasteiger partial charge >= 0.3 is 0 Å². The Kier molecular flexibility index (Phi) is 5.32. The van der Waals surface area contributed by atoms with Crippen molar-refractivity contribution in [3.8, 4) is 5.75 Å². The van der Waals surface area contributed by atoms with Gasteiger partial charge in [-0.15, -0.1) is 0 Å². The van der Waals surface area contributed by atoms with E-state index in [9.17, 15) is 9.18 Å². The first-order chi connectivity index (χ1) is 13.9. The Bertz CT molecular complexity index is 1120. The lowest BCUT2D eigenvalue weighted by atomic mass is 10.1. The van der Waals surface area contributed by atoms with Crippen molar-refractivity contribution in [3.63, 3.8) is 0 Å². The number of aromatic nitrogens is 2. The third-order valence-corrected chi connectivity index (χ3v) is 5.98. The van der Waals surface area contributed by atoms with Crippen LogP contribution < -0.4 is 10.3 Å². The molecular formula is C22H22FN3O2S. The van der Waals surface area contributed by atoms with Gasteiger partial charge in [0, 0.05) is 11.6 Å². The molecule has 0 spiro atoms. The zero-order valence-electron chi connectivity index (χ0n) is 16.5. The molecule has 29 heavy (non-hydrogen) atoms. The molecule has 4 rings (SSSR count). The highest BCUT2D eigenvalue weighted by Crippen LogP contribution is 2.44. The largest absolute Gasteiger partial charge is 0.489 e. The van der Waals surface area contributed by atoms with Crippen LogP contribution in [0.4, 0.5) is 10.2 Å². The normalized spacial score (nSPS) is 15.9. The maximum atomic E-state index is 13.7. The number of rotatable bonds is 5. The van der Waals surface area contributed by atoms with Crippen molar-refractivity contribution < 1.29 is 9.13 Å². The van der Waals surface area contributed by atoms with Crippen molar-refractivity contribution >= 4 is 22.6 Å². The first-order valence-electron chi connectivity index (χ1n) is 9.46. The summed E-state index contributed by atoms with van der Waals surface area (Å²) in [6.45, 7) is 6.14. The molecule has 1 N–H and O–H groups in total. The van der Waals surface area contributed by atoms with Crippen LogP contribution in [-0.4, -0.2) is 14.8 Å². The second-order valence-corrected chi connectivity index (χ2v) is 8.52. The van der Waals surface area contributed by atoms with E-state index in [-0.39, 0.29) is 29.3 Å². The molecule has 0 saturated heterocycles. The minimum absolute atomic E-state index is 0.109. The van der Waals surface area contributed by atoms with E-state index in [0.29, 0.717) is 22.7 Å². The van der Waals surface area contributed by atoms with Gasteiger partial charge in [0.25, 0.3) is 5.56 Å². The molecular weight excluding hydrogens is 389 g/mol. The van der Waals surface area contributed by atoms with Crippen LogP contribution >= 0.6 is 11.8 Å². The Morgan fingerprint density at radius 3 is 2.62 bits per heavy atom. The molecule has 1 unspecified atom stereocenters. The van der Waals surface area contributed by atoms with Crippen LogP contribution in [0.5, 0.6) is 5.75 Å². The third-order valence-electron chi connectivity index (χ3n) is 4.80. The summed E-state index contributed by atoms with van der Waals surface area (Å²) in [7, 11) is 0. The summed E-state index contributed by atoms with van der Waals surface area (Å²) in [6.07, 6.45) is 0. The summed E-state index contributed by atoms with van der Waals surface area (Å²) in [4.78, 5) is 17.2. The highest BCUT2D eigenvalue weighted by Gasteiger charge is 2.30. The van der Waals surface area contributed by atoms with Crippen molar-refractivity contribution in [2.24, 2.45) is 4.99 Å². The zero-order valence-corrected chi connectivity index (χ0v) is 17.3. The fraction of sp³-hybridized carbons (Fsp3) is 0.273. The van der Waals surface area contributed by atoms with Crippen LogP contribution in [0.15, 0.2) is 58.3 Å². The van der Waals surface area contributed by atoms with Crippen LogP contribution in [0.3, 0.4) is 0 Å². The van der Waals surface area contributed by atoms with Gasteiger partial charge in [-0.1, -0.05) is 42.1 Å². The number of hydrogen-bond acceptors (Lipinski definition) is 4. The number of ether oxygens (including phenoxy) is 1. The molecule has 0 aliphatic carbocycles. The second kappa shape index (κ2) is 7.91. The molecule has 0 radical (unpaired) electrons. The number of H-pyrrole nitrogens is 1. The molecule has 1 aromatic heterocycles. The Morgan fingerprint density at radius 1 is 1.21 bits per heavy atom. The van der Waals surface area contributed by atoms with Crippen molar-refractivity contribution in [2.75, 3.05) is 0 Å². The third kappa shape index (κ3) is 3.87. The standard InChI is InChI=1S/C22H22FN3O2S/c1-13(2)26-21-19(22(27)25-26)20(29-14(3)24-21)15-8-10-17(11-9-15)28-12-16-6-4-5-7-18(16)23/h4-11,13,20H,12H2,1-3H3,(H,25,27). The number of fused-ring (bicyclic) bond motifs is 1. The van der Waals surface area contributed by atoms with Crippen LogP contribution in [0.2, 0.25) is 0 Å². The van der Waals surface area contributed by atoms with Crippen molar-refractivity contribution in [1.82, 2.24) is 9.78 Å². The van der Waals surface area contributed by atoms with Gasteiger partial charge in [0.2, 0.25) is 0 Å². The van der Waals surface area contributed by atoms with Gasteiger partial charge in [0.15, 0.2) is 5.82 Å². The maximum Gasteiger partial charge on any atom is 0.271 e. The van der Waals surface area contributed by atoms with E-state index in [1.807, 2.05) is 49.7 Å². The van der Waals surface area contributed by atoms with Crippen molar-refractivity contribution in [1.29, 1.82) is 0 Å². The van der Waals surface area contributed by atoms with Crippen LogP contribution in [0.25, 0.3) is 0 Å². The topological polar surface area (TPSA) is 59.4 Å². The summed E-state index contributed by atoms with van der Waals surface area (Å²) in [5.74, 6) is 1.07. The summed E-state index contributed by atoms with van der Waals surface area (Å²) in [5.41, 5.74) is 2.07. The molecule has 0 saturated carbocycles. The highest BCUT2D eigenvalue weighted by atomic mass is 32.2. The van der Waals surface area contributed by atoms with E-state index < -0.39 is 0 Å². The molecule has 2 heterocycles. The van der Waals surface area contributed by atoms with Crippen LogP contribution in [0, 0.1) is 5.82 Å². The van der Waals surface area contributed by atoms with Crippen LogP contribution in [0.1, 0.15) is 48.8 Å². The van der Waals surface area contributed by atoms with E-state index in [0.717, 1.165) is 10.6 Å². The minimum Gasteiger partial charge on any atom is -0.489 e. The predicted octanol–water partition coefficient (Wildman–Crippen LogP) is 5.36. The lowest BCUT2D eigenvalue weighted by Crippen LogP contribution is -2.13. The molecule has 1 aliphatic heterocycles. The van der Waals surface area contributed by atoms with Gasteiger partial charge in [0.1, 0.15) is 18.2 Å². The van der Waals surface area contributed by atoms with Gasteiger partial charge in [-0.25, -0.2) is 9.38 Å². The quantitative estimate of drug-likeness (QED) is 0.615. The Labute approximate surface area is 172 Å². The fourth-order valence-corrected chi connectivity index (χ4v) is 4.44. The smallest absolute Gasteiger partial charge is 0.271 e. The number of aliphatic imine (C=N–C) groups is 1. The molecule has 7 heteroatoms. The minimum atomic E-state index is -0.279. The average Bonchev–Trinajstić information content (AvgIpc) is 3.04. The molecule has 2 aromatic carbocycles. The predicted molar refractivity (Wildman–Crippen MR) is 115 cm³/mol. The number of nitrogens with zero attached hydrogens (tertiary/aromatic N) is 2. The molecule has 1 aliphatic rings. The number of benzene rings is 2. The summed E-state index contributed by atoms with van der Waals surface area (Å²) in [6, 6.07) is 14.3. The van der Waals surface area contributed by atoms with E-state index in [1.165, 1.54) is 6.07 Å². The SMILES string of the molecule is CC1=Nc2c(c(=O)[nH]n2C(C)C)C(c2ccc(OCc3ccccc3F)cc2)S1. The molecule has 0 fully saturated rings. The Morgan fingerprint density at radius 2 is 1.93 bits per heavy atom. The second-order valence-electron chi connectivity index (χ2n) is 7.22. The molecule has 150 valence electrons. The number of nitrogens with one attached hydrogen (secondary N) is 1.